The average Bonchev–Trinajstić information content (AvgIpc) is 3.34. The van der Waals surface area contributed by atoms with Crippen molar-refractivity contribution in [1.29, 1.82) is 0 Å². The molecule has 0 unspecified atom stereocenters. The van der Waals surface area contributed by atoms with Crippen molar-refractivity contribution in [2.45, 2.75) is 6.54 Å². The quantitative estimate of drug-likeness (QED) is 0.644. The summed E-state index contributed by atoms with van der Waals surface area (Å²) in [5.74, 6) is 0.0465. The van der Waals surface area contributed by atoms with Gasteiger partial charge in [-0.15, -0.1) is 22.7 Å². The second-order valence-corrected chi connectivity index (χ2v) is 8.54. The van der Waals surface area contributed by atoms with Crippen LogP contribution in [0.4, 0.5) is 0 Å². The summed E-state index contributed by atoms with van der Waals surface area (Å²) in [6.45, 7) is 4.20. The fraction of sp³-hybridized carbons (Fsp3) is 0.263. The van der Waals surface area contributed by atoms with E-state index in [1.165, 1.54) is 21.1 Å². The Labute approximate surface area is 165 Å². The highest BCUT2D eigenvalue weighted by molar-refractivity contribution is 7.15. The maximum atomic E-state index is 12.4. The van der Waals surface area contributed by atoms with E-state index in [4.69, 9.17) is 11.6 Å². The Morgan fingerprint density at radius 1 is 1.15 bits per heavy atom. The smallest absolute Gasteiger partial charge is 0.273 e. The molecule has 2 aromatic heterocycles. The van der Waals surface area contributed by atoms with Gasteiger partial charge >= 0.3 is 0 Å². The minimum atomic E-state index is 0.0465. The van der Waals surface area contributed by atoms with Crippen LogP contribution in [0.5, 0.6) is 0 Å². The molecule has 3 heterocycles. The van der Waals surface area contributed by atoms with Gasteiger partial charge in [-0.2, -0.15) is 0 Å². The van der Waals surface area contributed by atoms with E-state index in [1.807, 2.05) is 28.5 Å². The van der Waals surface area contributed by atoms with Crippen LogP contribution in [0.3, 0.4) is 0 Å². The summed E-state index contributed by atoms with van der Waals surface area (Å²) in [4.78, 5) is 23.3. The molecule has 0 aliphatic carbocycles. The zero-order valence-electron chi connectivity index (χ0n) is 14.1. The third-order valence-corrected chi connectivity index (χ3v) is 6.40. The number of amides is 1. The fourth-order valence-electron chi connectivity index (χ4n) is 3.07. The molecule has 1 aliphatic heterocycles. The lowest BCUT2D eigenvalue weighted by Crippen LogP contribution is -2.48. The normalized spacial score (nSPS) is 15.3. The standard InChI is InChI=1S/C19H18ClN3OS2/c20-15-3-1-2-14(10-15)18-5-4-16(26-18)11-22-6-8-23(9-7-22)19(24)17-12-25-13-21-17/h1-5,10,12-13H,6-9,11H2. The monoisotopic (exact) mass is 403 g/mol. The molecule has 0 spiro atoms. The van der Waals surface area contributed by atoms with Gasteiger partial charge in [0.2, 0.25) is 0 Å². The van der Waals surface area contributed by atoms with E-state index < -0.39 is 0 Å². The molecule has 0 N–H and O–H groups in total. The van der Waals surface area contributed by atoms with Crippen molar-refractivity contribution in [2.75, 3.05) is 26.2 Å². The summed E-state index contributed by atoms with van der Waals surface area (Å²) >= 11 is 9.36. The number of thiazole rings is 1. The number of halogens is 1. The highest BCUT2D eigenvalue weighted by Gasteiger charge is 2.23. The molecule has 7 heteroatoms. The van der Waals surface area contributed by atoms with E-state index in [2.05, 4.69) is 28.1 Å². The lowest BCUT2D eigenvalue weighted by molar-refractivity contribution is 0.0624. The van der Waals surface area contributed by atoms with Crippen molar-refractivity contribution in [2.24, 2.45) is 0 Å². The molecule has 1 amide bonds. The molecule has 1 saturated heterocycles. The first-order valence-electron chi connectivity index (χ1n) is 8.43. The minimum Gasteiger partial charge on any atom is -0.335 e. The average molecular weight is 404 g/mol. The zero-order valence-corrected chi connectivity index (χ0v) is 16.5. The van der Waals surface area contributed by atoms with Crippen molar-refractivity contribution in [1.82, 2.24) is 14.8 Å². The second-order valence-electron chi connectivity index (χ2n) is 6.22. The fourth-order valence-corrected chi connectivity index (χ4v) is 4.83. The van der Waals surface area contributed by atoms with Crippen LogP contribution in [0, 0.1) is 0 Å². The Kier molecular flexibility index (Phi) is 5.36. The van der Waals surface area contributed by atoms with Gasteiger partial charge in [-0.3, -0.25) is 9.69 Å². The molecule has 1 fully saturated rings. The molecule has 1 aliphatic rings. The minimum absolute atomic E-state index is 0.0465. The lowest BCUT2D eigenvalue weighted by Gasteiger charge is -2.34. The Morgan fingerprint density at radius 3 is 2.73 bits per heavy atom. The number of carbonyl (C=O) groups is 1. The van der Waals surface area contributed by atoms with Gasteiger partial charge in [0.1, 0.15) is 5.69 Å². The van der Waals surface area contributed by atoms with E-state index >= 15 is 0 Å². The predicted octanol–water partition coefficient (Wildman–Crippen LogP) is 4.48. The molecule has 4 nitrogen and oxygen atoms in total. The number of aromatic nitrogens is 1. The molecule has 0 radical (unpaired) electrons. The molecule has 4 rings (SSSR count). The summed E-state index contributed by atoms with van der Waals surface area (Å²) in [5.41, 5.74) is 3.43. The summed E-state index contributed by atoms with van der Waals surface area (Å²) < 4.78 is 0. The number of rotatable bonds is 4. The Balaban J connectivity index is 1.34. The topological polar surface area (TPSA) is 36.4 Å². The van der Waals surface area contributed by atoms with Gasteiger partial charge < -0.3 is 4.90 Å². The van der Waals surface area contributed by atoms with E-state index in [-0.39, 0.29) is 5.91 Å². The maximum Gasteiger partial charge on any atom is 0.273 e. The summed E-state index contributed by atoms with van der Waals surface area (Å²) in [5, 5.41) is 2.58. The van der Waals surface area contributed by atoms with Gasteiger partial charge in [0.05, 0.1) is 5.51 Å². The molecule has 0 bridgehead atoms. The highest BCUT2D eigenvalue weighted by Crippen LogP contribution is 2.30. The van der Waals surface area contributed by atoms with Crippen LogP contribution in [0.1, 0.15) is 15.4 Å². The van der Waals surface area contributed by atoms with Gasteiger partial charge in [-0.05, 0) is 29.8 Å². The van der Waals surface area contributed by atoms with E-state index in [0.29, 0.717) is 5.69 Å². The molecular formula is C19H18ClN3OS2. The maximum absolute atomic E-state index is 12.4. The van der Waals surface area contributed by atoms with Gasteiger partial charge in [-0.25, -0.2) is 4.98 Å². The molecule has 134 valence electrons. The van der Waals surface area contributed by atoms with Crippen LogP contribution in [0.25, 0.3) is 10.4 Å². The van der Waals surface area contributed by atoms with Crippen LogP contribution in [-0.2, 0) is 6.54 Å². The van der Waals surface area contributed by atoms with Gasteiger partial charge in [0.25, 0.3) is 5.91 Å². The third-order valence-electron chi connectivity index (χ3n) is 4.46. The Hall–Kier alpha value is -1.73. The lowest BCUT2D eigenvalue weighted by atomic mass is 10.2. The van der Waals surface area contributed by atoms with E-state index in [1.54, 1.807) is 16.8 Å². The van der Waals surface area contributed by atoms with Crippen molar-refractivity contribution < 1.29 is 4.79 Å². The van der Waals surface area contributed by atoms with Crippen LogP contribution >= 0.6 is 34.3 Å². The largest absolute Gasteiger partial charge is 0.335 e. The van der Waals surface area contributed by atoms with E-state index in [9.17, 15) is 4.79 Å². The first-order chi connectivity index (χ1) is 12.7. The number of hydrogen-bond donors (Lipinski definition) is 0. The summed E-state index contributed by atoms with van der Waals surface area (Å²) in [6.07, 6.45) is 0. The van der Waals surface area contributed by atoms with Crippen molar-refractivity contribution >= 4 is 40.2 Å². The molecule has 26 heavy (non-hydrogen) atoms. The predicted molar refractivity (Wildman–Crippen MR) is 108 cm³/mol. The number of benzene rings is 1. The van der Waals surface area contributed by atoms with Crippen molar-refractivity contribution in [3.05, 3.63) is 62.9 Å². The van der Waals surface area contributed by atoms with Gasteiger partial charge in [-0.1, -0.05) is 23.7 Å². The first kappa shape index (κ1) is 17.7. The third kappa shape index (κ3) is 3.99. The first-order valence-corrected chi connectivity index (χ1v) is 10.6. The number of piperazine rings is 1. The highest BCUT2D eigenvalue weighted by atomic mass is 35.5. The van der Waals surface area contributed by atoms with Crippen LogP contribution in [0.15, 0.2) is 47.3 Å². The summed E-state index contributed by atoms with van der Waals surface area (Å²) in [6, 6.07) is 12.3. The molecule has 3 aromatic rings. The number of nitrogens with zero attached hydrogens (tertiary/aromatic N) is 3. The summed E-state index contributed by atoms with van der Waals surface area (Å²) in [7, 11) is 0. The second kappa shape index (κ2) is 7.88. The number of thiophene rings is 1. The molecule has 0 atom stereocenters. The van der Waals surface area contributed by atoms with Crippen molar-refractivity contribution in [3.63, 3.8) is 0 Å². The SMILES string of the molecule is O=C(c1cscn1)N1CCN(Cc2ccc(-c3cccc(Cl)c3)s2)CC1. The molecule has 1 aromatic carbocycles. The van der Waals surface area contributed by atoms with Gasteiger partial charge in [0.15, 0.2) is 0 Å². The molecular weight excluding hydrogens is 386 g/mol. The van der Waals surface area contributed by atoms with Crippen LogP contribution in [-0.4, -0.2) is 46.9 Å². The Morgan fingerprint density at radius 2 is 2.00 bits per heavy atom. The van der Waals surface area contributed by atoms with E-state index in [0.717, 1.165) is 43.3 Å². The number of carbonyl (C=O) groups excluding carboxylic acids is 1. The Bertz CT molecular complexity index is 886. The zero-order chi connectivity index (χ0) is 17.9. The number of hydrogen-bond acceptors (Lipinski definition) is 5. The van der Waals surface area contributed by atoms with Crippen molar-refractivity contribution in [3.8, 4) is 10.4 Å². The van der Waals surface area contributed by atoms with Crippen LogP contribution in [0.2, 0.25) is 5.02 Å². The van der Waals surface area contributed by atoms with Gasteiger partial charge in [0, 0.05) is 52.9 Å². The van der Waals surface area contributed by atoms with Crippen LogP contribution < -0.4 is 0 Å². The molecule has 0 saturated carbocycles.